The standard InChI is InChI=1S/C13H21N3/c1-5-8-11(6-2)14-10-13-9-12(7-3)15-16(13)4/h1,9,11,14H,6-8,10H2,2-4H3. The maximum absolute atomic E-state index is 5.32. The molecular formula is C13H21N3. The fourth-order valence-corrected chi connectivity index (χ4v) is 1.66. The molecule has 16 heavy (non-hydrogen) atoms. The van der Waals surface area contributed by atoms with E-state index in [1.165, 1.54) is 5.69 Å². The molecule has 0 radical (unpaired) electrons. The summed E-state index contributed by atoms with van der Waals surface area (Å²) < 4.78 is 1.94. The van der Waals surface area contributed by atoms with Gasteiger partial charge in [-0.15, -0.1) is 12.3 Å². The molecule has 3 heteroatoms. The molecule has 0 bridgehead atoms. The third kappa shape index (κ3) is 3.39. The maximum atomic E-state index is 5.32. The third-order valence-electron chi connectivity index (χ3n) is 2.82. The minimum absolute atomic E-state index is 0.407. The first-order valence-electron chi connectivity index (χ1n) is 5.89. The molecule has 1 N–H and O–H groups in total. The van der Waals surface area contributed by atoms with Gasteiger partial charge in [-0.3, -0.25) is 4.68 Å². The topological polar surface area (TPSA) is 29.9 Å². The van der Waals surface area contributed by atoms with Crippen molar-refractivity contribution in [3.05, 3.63) is 17.5 Å². The highest BCUT2D eigenvalue weighted by Gasteiger charge is 2.07. The van der Waals surface area contributed by atoms with E-state index in [1.807, 2.05) is 11.7 Å². The second-order valence-corrected chi connectivity index (χ2v) is 4.00. The zero-order chi connectivity index (χ0) is 12.0. The first kappa shape index (κ1) is 12.8. The fraction of sp³-hybridized carbons (Fsp3) is 0.615. The number of hydrogen-bond donors (Lipinski definition) is 1. The van der Waals surface area contributed by atoms with Crippen molar-refractivity contribution >= 4 is 0 Å². The Bertz CT molecular complexity index is 360. The normalized spacial score (nSPS) is 12.4. The lowest BCUT2D eigenvalue weighted by atomic mass is 10.1. The molecular weight excluding hydrogens is 198 g/mol. The molecule has 0 aliphatic rings. The molecule has 1 aromatic heterocycles. The molecule has 0 aliphatic heterocycles. The SMILES string of the molecule is C#CCC(CC)NCc1cc(CC)nn1C. The van der Waals surface area contributed by atoms with Gasteiger partial charge in [-0.1, -0.05) is 13.8 Å². The van der Waals surface area contributed by atoms with Crippen molar-refractivity contribution in [2.75, 3.05) is 0 Å². The monoisotopic (exact) mass is 219 g/mol. The van der Waals surface area contributed by atoms with Crippen LogP contribution in [0.15, 0.2) is 6.07 Å². The van der Waals surface area contributed by atoms with Crippen LogP contribution in [0.5, 0.6) is 0 Å². The number of aromatic nitrogens is 2. The zero-order valence-corrected chi connectivity index (χ0v) is 10.5. The van der Waals surface area contributed by atoms with Crippen molar-refractivity contribution in [2.45, 2.75) is 45.7 Å². The van der Waals surface area contributed by atoms with E-state index in [0.717, 1.165) is 31.5 Å². The van der Waals surface area contributed by atoms with Crippen LogP contribution < -0.4 is 5.32 Å². The molecule has 0 amide bonds. The lowest BCUT2D eigenvalue weighted by Crippen LogP contribution is -2.28. The van der Waals surface area contributed by atoms with Crippen LogP contribution in [0.3, 0.4) is 0 Å². The van der Waals surface area contributed by atoms with Crippen LogP contribution in [-0.2, 0) is 20.0 Å². The zero-order valence-electron chi connectivity index (χ0n) is 10.5. The Labute approximate surface area is 98.2 Å². The van der Waals surface area contributed by atoms with Crippen LogP contribution in [-0.4, -0.2) is 15.8 Å². The van der Waals surface area contributed by atoms with Gasteiger partial charge in [-0.2, -0.15) is 5.10 Å². The molecule has 1 heterocycles. The molecule has 1 aromatic rings. The van der Waals surface area contributed by atoms with E-state index in [1.54, 1.807) is 0 Å². The number of hydrogen-bond acceptors (Lipinski definition) is 2. The summed E-state index contributed by atoms with van der Waals surface area (Å²) in [6, 6.07) is 2.56. The van der Waals surface area contributed by atoms with E-state index in [0.29, 0.717) is 6.04 Å². The number of nitrogens with zero attached hydrogens (tertiary/aromatic N) is 2. The van der Waals surface area contributed by atoms with Gasteiger partial charge in [-0.05, 0) is 18.9 Å². The quantitative estimate of drug-likeness (QED) is 0.740. The Morgan fingerprint density at radius 1 is 1.56 bits per heavy atom. The summed E-state index contributed by atoms with van der Waals surface area (Å²) in [6.45, 7) is 5.10. The summed E-state index contributed by atoms with van der Waals surface area (Å²) in [5, 5.41) is 7.88. The largest absolute Gasteiger partial charge is 0.307 e. The molecule has 0 aliphatic carbocycles. The summed E-state index contributed by atoms with van der Waals surface area (Å²) in [4.78, 5) is 0. The molecule has 3 nitrogen and oxygen atoms in total. The molecule has 0 saturated heterocycles. The average Bonchev–Trinajstić information content (AvgIpc) is 2.65. The lowest BCUT2D eigenvalue weighted by molar-refractivity contribution is 0.492. The minimum Gasteiger partial charge on any atom is -0.307 e. The Hall–Kier alpha value is -1.27. The molecule has 0 fully saturated rings. The van der Waals surface area contributed by atoms with Crippen LogP contribution in [0, 0.1) is 12.3 Å². The van der Waals surface area contributed by atoms with E-state index in [2.05, 4.69) is 36.2 Å². The van der Waals surface area contributed by atoms with Gasteiger partial charge in [0.1, 0.15) is 0 Å². The van der Waals surface area contributed by atoms with E-state index < -0.39 is 0 Å². The molecule has 1 unspecified atom stereocenters. The highest BCUT2D eigenvalue weighted by Crippen LogP contribution is 2.05. The Morgan fingerprint density at radius 2 is 2.31 bits per heavy atom. The van der Waals surface area contributed by atoms with Gasteiger partial charge in [0.05, 0.1) is 11.4 Å². The highest BCUT2D eigenvalue weighted by molar-refractivity contribution is 5.10. The van der Waals surface area contributed by atoms with Crippen molar-refractivity contribution in [3.8, 4) is 12.3 Å². The lowest BCUT2D eigenvalue weighted by Gasteiger charge is -2.13. The molecule has 0 spiro atoms. The molecule has 0 aromatic carbocycles. The van der Waals surface area contributed by atoms with Crippen molar-refractivity contribution in [3.63, 3.8) is 0 Å². The van der Waals surface area contributed by atoms with Crippen molar-refractivity contribution in [2.24, 2.45) is 7.05 Å². The predicted molar refractivity (Wildman–Crippen MR) is 67.0 cm³/mol. The third-order valence-corrected chi connectivity index (χ3v) is 2.82. The summed E-state index contributed by atoms with van der Waals surface area (Å²) in [5.41, 5.74) is 2.36. The van der Waals surface area contributed by atoms with Gasteiger partial charge >= 0.3 is 0 Å². The van der Waals surface area contributed by atoms with Gasteiger partial charge < -0.3 is 5.32 Å². The van der Waals surface area contributed by atoms with Crippen LogP contribution in [0.25, 0.3) is 0 Å². The molecule has 88 valence electrons. The Morgan fingerprint density at radius 3 is 2.81 bits per heavy atom. The summed E-state index contributed by atoms with van der Waals surface area (Å²) in [5.74, 6) is 2.70. The van der Waals surface area contributed by atoms with Crippen molar-refractivity contribution in [1.82, 2.24) is 15.1 Å². The van der Waals surface area contributed by atoms with Crippen LogP contribution in [0.1, 0.15) is 38.1 Å². The Kier molecular flexibility index (Phi) is 5.07. The van der Waals surface area contributed by atoms with Gasteiger partial charge in [0.25, 0.3) is 0 Å². The van der Waals surface area contributed by atoms with E-state index in [9.17, 15) is 0 Å². The number of aryl methyl sites for hydroxylation is 2. The average molecular weight is 219 g/mol. The predicted octanol–water partition coefficient (Wildman–Crippen LogP) is 1.87. The number of rotatable bonds is 6. The van der Waals surface area contributed by atoms with E-state index >= 15 is 0 Å². The van der Waals surface area contributed by atoms with Gasteiger partial charge in [0, 0.05) is 26.1 Å². The van der Waals surface area contributed by atoms with Crippen molar-refractivity contribution in [1.29, 1.82) is 0 Å². The van der Waals surface area contributed by atoms with E-state index in [4.69, 9.17) is 6.42 Å². The van der Waals surface area contributed by atoms with Gasteiger partial charge in [0.2, 0.25) is 0 Å². The Balaban J connectivity index is 2.53. The first-order valence-corrected chi connectivity index (χ1v) is 5.89. The van der Waals surface area contributed by atoms with Crippen LogP contribution in [0.2, 0.25) is 0 Å². The smallest absolute Gasteiger partial charge is 0.0625 e. The highest BCUT2D eigenvalue weighted by atomic mass is 15.3. The second kappa shape index (κ2) is 6.34. The van der Waals surface area contributed by atoms with Crippen molar-refractivity contribution < 1.29 is 0 Å². The van der Waals surface area contributed by atoms with Gasteiger partial charge in [-0.25, -0.2) is 0 Å². The summed E-state index contributed by atoms with van der Waals surface area (Å²) in [7, 11) is 1.98. The number of terminal acetylenes is 1. The summed E-state index contributed by atoms with van der Waals surface area (Å²) in [6.07, 6.45) is 8.15. The minimum atomic E-state index is 0.407. The molecule has 1 rings (SSSR count). The fourth-order valence-electron chi connectivity index (χ4n) is 1.66. The molecule has 1 atom stereocenters. The molecule has 0 saturated carbocycles. The second-order valence-electron chi connectivity index (χ2n) is 4.00. The first-order chi connectivity index (χ1) is 7.71. The van der Waals surface area contributed by atoms with E-state index in [-0.39, 0.29) is 0 Å². The van der Waals surface area contributed by atoms with Gasteiger partial charge in [0.15, 0.2) is 0 Å². The van der Waals surface area contributed by atoms with Crippen LogP contribution >= 0.6 is 0 Å². The number of nitrogens with one attached hydrogen (secondary N) is 1. The maximum Gasteiger partial charge on any atom is 0.0625 e. The van der Waals surface area contributed by atoms with Crippen LogP contribution in [0.4, 0.5) is 0 Å². The summed E-state index contributed by atoms with van der Waals surface area (Å²) >= 11 is 0.